The zero-order valence-corrected chi connectivity index (χ0v) is 13.1. The number of hydrogen-bond donors (Lipinski definition) is 0. The molecular weight excluding hydrogens is 294 g/mol. The van der Waals surface area contributed by atoms with Crippen LogP contribution < -0.4 is 4.74 Å². The van der Waals surface area contributed by atoms with Gasteiger partial charge in [0, 0.05) is 25.4 Å². The summed E-state index contributed by atoms with van der Waals surface area (Å²) in [5.74, 6) is 0.677. The van der Waals surface area contributed by atoms with Crippen LogP contribution in [-0.2, 0) is 16.6 Å². The van der Waals surface area contributed by atoms with Gasteiger partial charge < -0.3 is 9.26 Å². The van der Waals surface area contributed by atoms with Gasteiger partial charge in [0.1, 0.15) is 10.6 Å². The van der Waals surface area contributed by atoms with Crippen LogP contribution >= 0.6 is 0 Å². The second-order valence-corrected chi connectivity index (χ2v) is 6.57. The van der Waals surface area contributed by atoms with Crippen molar-refractivity contribution in [1.29, 1.82) is 0 Å². The van der Waals surface area contributed by atoms with Crippen LogP contribution in [0.25, 0.3) is 0 Å². The number of pyridine rings is 1. The quantitative estimate of drug-likeness (QED) is 0.832. The van der Waals surface area contributed by atoms with E-state index in [1.54, 1.807) is 32.2 Å². The van der Waals surface area contributed by atoms with Crippen LogP contribution in [0.15, 0.2) is 27.7 Å². The molecule has 0 atom stereocenters. The van der Waals surface area contributed by atoms with E-state index in [1.165, 1.54) is 18.5 Å². The lowest BCUT2D eigenvalue weighted by Crippen LogP contribution is -2.27. The van der Waals surface area contributed by atoms with E-state index in [1.807, 2.05) is 0 Å². The molecule has 0 aromatic carbocycles. The van der Waals surface area contributed by atoms with Gasteiger partial charge in [-0.15, -0.1) is 0 Å². The van der Waals surface area contributed by atoms with Crippen molar-refractivity contribution in [2.75, 3.05) is 14.2 Å². The zero-order chi connectivity index (χ0) is 15.6. The van der Waals surface area contributed by atoms with E-state index in [-0.39, 0.29) is 17.2 Å². The minimum Gasteiger partial charge on any atom is -0.481 e. The molecule has 0 unspecified atom stereocenters. The molecule has 0 fully saturated rings. The maximum Gasteiger partial charge on any atom is 0.248 e. The predicted molar refractivity (Wildman–Crippen MR) is 75.4 cm³/mol. The first-order chi connectivity index (χ1) is 9.87. The van der Waals surface area contributed by atoms with Gasteiger partial charge in [0.25, 0.3) is 0 Å². The number of rotatable bonds is 5. The molecule has 0 spiro atoms. The molecule has 7 nitrogen and oxygen atoms in total. The molecule has 0 N–H and O–H groups in total. The van der Waals surface area contributed by atoms with Gasteiger partial charge in [0.15, 0.2) is 5.76 Å². The zero-order valence-electron chi connectivity index (χ0n) is 12.3. The van der Waals surface area contributed by atoms with Gasteiger partial charge in [-0.1, -0.05) is 11.2 Å². The van der Waals surface area contributed by atoms with Crippen LogP contribution in [0.4, 0.5) is 0 Å². The highest BCUT2D eigenvalue weighted by molar-refractivity contribution is 7.89. The van der Waals surface area contributed by atoms with Gasteiger partial charge in [-0.2, -0.15) is 4.31 Å². The standard InChI is InChI=1S/C13H17N3O4S/c1-9-12(10(2)20-15-9)21(17,18)16(3)8-11-6-5-7-14-13(11)19-4/h5-7H,8H2,1-4H3. The molecule has 0 aliphatic rings. The van der Waals surface area contributed by atoms with Crippen molar-refractivity contribution in [2.45, 2.75) is 25.3 Å². The molecule has 0 bridgehead atoms. The van der Waals surface area contributed by atoms with Gasteiger partial charge >= 0.3 is 0 Å². The van der Waals surface area contributed by atoms with E-state index in [2.05, 4.69) is 10.1 Å². The van der Waals surface area contributed by atoms with Crippen molar-refractivity contribution in [3.05, 3.63) is 35.3 Å². The van der Waals surface area contributed by atoms with Gasteiger partial charge in [-0.25, -0.2) is 13.4 Å². The third-order valence-electron chi connectivity index (χ3n) is 3.07. The largest absolute Gasteiger partial charge is 0.481 e. The highest BCUT2D eigenvalue weighted by Gasteiger charge is 2.29. The van der Waals surface area contributed by atoms with Crippen LogP contribution in [-0.4, -0.2) is 37.0 Å². The lowest BCUT2D eigenvalue weighted by molar-refractivity contribution is 0.381. The summed E-state index contributed by atoms with van der Waals surface area (Å²) in [6.45, 7) is 3.32. The molecule has 0 aliphatic carbocycles. The summed E-state index contributed by atoms with van der Waals surface area (Å²) in [5, 5.41) is 3.69. The molecule has 0 saturated carbocycles. The second kappa shape index (κ2) is 5.82. The average Bonchev–Trinajstić information content (AvgIpc) is 2.79. The van der Waals surface area contributed by atoms with Crippen LogP contribution in [0.1, 0.15) is 17.0 Å². The van der Waals surface area contributed by atoms with E-state index >= 15 is 0 Å². The van der Waals surface area contributed by atoms with Crippen molar-refractivity contribution in [3.63, 3.8) is 0 Å². The van der Waals surface area contributed by atoms with Crippen molar-refractivity contribution in [3.8, 4) is 5.88 Å². The van der Waals surface area contributed by atoms with E-state index in [4.69, 9.17) is 9.26 Å². The maximum atomic E-state index is 12.6. The Balaban J connectivity index is 2.34. The fourth-order valence-electron chi connectivity index (χ4n) is 2.05. The number of hydrogen-bond acceptors (Lipinski definition) is 6. The molecule has 114 valence electrons. The fourth-order valence-corrected chi connectivity index (χ4v) is 3.48. The highest BCUT2D eigenvalue weighted by Crippen LogP contribution is 2.25. The van der Waals surface area contributed by atoms with Crippen LogP contribution in [0.2, 0.25) is 0 Å². The van der Waals surface area contributed by atoms with Crippen molar-refractivity contribution in [1.82, 2.24) is 14.4 Å². The second-order valence-electron chi connectivity index (χ2n) is 4.59. The summed E-state index contributed by atoms with van der Waals surface area (Å²) < 4.78 is 36.5. The normalized spacial score (nSPS) is 11.9. The minimum atomic E-state index is -3.69. The minimum absolute atomic E-state index is 0.104. The Morgan fingerprint density at radius 3 is 2.67 bits per heavy atom. The van der Waals surface area contributed by atoms with Gasteiger partial charge in [0.2, 0.25) is 15.9 Å². The lowest BCUT2D eigenvalue weighted by Gasteiger charge is -2.17. The maximum absolute atomic E-state index is 12.6. The molecule has 8 heteroatoms. The van der Waals surface area contributed by atoms with Gasteiger partial charge in [0.05, 0.1) is 7.11 Å². The molecular formula is C13H17N3O4S. The summed E-state index contributed by atoms with van der Waals surface area (Å²) >= 11 is 0. The average molecular weight is 311 g/mol. The summed E-state index contributed by atoms with van der Waals surface area (Å²) in [5.41, 5.74) is 1.02. The highest BCUT2D eigenvalue weighted by atomic mass is 32.2. The number of ether oxygens (including phenoxy) is 1. The molecule has 0 aliphatic heterocycles. The van der Waals surface area contributed by atoms with E-state index in [0.717, 1.165) is 0 Å². The first kappa shape index (κ1) is 15.5. The Hall–Kier alpha value is -1.93. The lowest BCUT2D eigenvalue weighted by atomic mass is 10.3. The van der Waals surface area contributed by atoms with Crippen molar-refractivity contribution < 1.29 is 17.7 Å². The van der Waals surface area contributed by atoms with Crippen molar-refractivity contribution in [2.24, 2.45) is 0 Å². The molecule has 2 heterocycles. The number of nitrogens with zero attached hydrogens (tertiary/aromatic N) is 3. The summed E-state index contributed by atoms with van der Waals surface area (Å²) in [7, 11) is -0.698. The van der Waals surface area contributed by atoms with E-state index in [0.29, 0.717) is 17.1 Å². The molecule has 2 aromatic heterocycles. The summed E-state index contributed by atoms with van der Waals surface area (Å²) in [6, 6.07) is 3.50. The molecule has 0 amide bonds. The molecule has 21 heavy (non-hydrogen) atoms. The topological polar surface area (TPSA) is 85.5 Å². The Bertz CT molecular complexity index is 720. The summed E-state index contributed by atoms with van der Waals surface area (Å²) in [4.78, 5) is 4.16. The van der Waals surface area contributed by atoms with E-state index < -0.39 is 10.0 Å². The predicted octanol–water partition coefficient (Wildman–Crippen LogP) is 1.52. The van der Waals surface area contributed by atoms with Gasteiger partial charge in [-0.3, -0.25) is 0 Å². The van der Waals surface area contributed by atoms with Crippen LogP contribution in [0.5, 0.6) is 5.88 Å². The number of sulfonamides is 1. The Morgan fingerprint density at radius 2 is 2.10 bits per heavy atom. The molecule has 2 rings (SSSR count). The Morgan fingerprint density at radius 1 is 1.38 bits per heavy atom. The molecule has 0 saturated heterocycles. The monoisotopic (exact) mass is 311 g/mol. The van der Waals surface area contributed by atoms with Gasteiger partial charge in [-0.05, 0) is 19.9 Å². The van der Waals surface area contributed by atoms with Crippen molar-refractivity contribution >= 4 is 10.0 Å². The van der Waals surface area contributed by atoms with E-state index in [9.17, 15) is 8.42 Å². The molecule has 0 radical (unpaired) electrons. The fraction of sp³-hybridized carbons (Fsp3) is 0.385. The first-order valence-electron chi connectivity index (χ1n) is 6.25. The first-order valence-corrected chi connectivity index (χ1v) is 7.69. The third-order valence-corrected chi connectivity index (χ3v) is 5.12. The summed E-state index contributed by atoms with van der Waals surface area (Å²) in [6.07, 6.45) is 1.59. The molecule has 2 aromatic rings. The smallest absolute Gasteiger partial charge is 0.248 e. The van der Waals surface area contributed by atoms with Crippen LogP contribution in [0.3, 0.4) is 0 Å². The third kappa shape index (κ3) is 2.91. The Labute approximate surface area is 123 Å². The number of aromatic nitrogens is 2. The number of aryl methyl sites for hydroxylation is 2. The number of methoxy groups -OCH3 is 1. The SMILES string of the molecule is COc1ncccc1CN(C)S(=O)(=O)c1c(C)noc1C. The van der Waals surface area contributed by atoms with Crippen LogP contribution in [0, 0.1) is 13.8 Å². The Kier molecular flexibility index (Phi) is 4.29.